The van der Waals surface area contributed by atoms with Crippen LogP contribution < -0.4 is 20.9 Å². The van der Waals surface area contributed by atoms with Crippen molar-refractivity contribution < 1.29 is 4.79 Å². The van der Waals surface area contributed by atoms with E-state index in [1.165, 1.54) is 0 Å². The van der Waals surface area contributed by atoms with Crippen LogP contribution in [0.4, 0.5) is 11.5 Å². The van der Waals surface area contributed by atoms with Gasteiger partial charge in [-0.25, -0.2) is 4.98 Å². The molecular formula is C18H19N5O. The zero-order valence-corrected chi connectivity index (χ0v) is 13.6. The van der Waals surface area contributed by atoms with E-state index in [9.17, 15) is 4.79 Å². The molecule has 1 saturated heterocycles. The molecular weight excluding hydrogens is 302 g/mol. The van der Waals surface area contributed by atoms with Crippen LogP contribution in [0.5, 0.6) is 0 Å². The van der Waals surface area contributed by atoms with E-state index in [1.54, 1.807) is 0 Å². The first-order valence-corrected chi connectivity index (χ1v) is 8.25. The Balaban J connectivity index is 1.73. The van der Waals surface area contributed by atoms with Crippen molar-refractivity contribution in [2.75, 3.05) is 36.9 Å². The second-order valence-electron chi connectivity index (χ2n) is 5.93. The number of aromatic nitrogens is 1. The molecule has 1 amide bonds. The van der Waals surface area contributed by atoms with E-state index in [2.05, 4.69) is 20.3 Å². The van der Waals surface area contributed by atoms with E-state index in [1.807, 2.05) is 42.3 Å². The number of pyridine rings is 1. The maximum atomic E-state index is 11.9. The quantitative estimate of drug-likeness (QED) is 0.922. The third kappa shape index (κ3) is 2.54. The van der Waals surface area contributed by atoms with Crippen LogP contribution in [0.1, 0.15) is 12.8 Å². The first kappa shape index (κ1) is 14.8. The van der Waals surface area contributed by atoms with Crippen molar-refractivity contribution in [2.24, 2.45) is 9.98 Å². The highest BCUT2D eigenvalue weighted by atomic mass is 16.2. The molecule has 0 bridgehead atoms. The highest BCUT2D eigenvalue weighted by molar-refractivity contribution is 5.95. The minimum absolute atomic E-state index is 0.201. The fraction of sp³-hybridized carbons (Fsp3) is 0.333. The molecule has 1 aromatic heterocycles. The molecule has 1 fully saturated rings. The Hall–Kier alpha value is -2.76. The van der Waals surface area contributed by atoms with Crippen LogP contribution in [0.15, 0.2) is 40.3 Å². The molecule has 0 atom stereocenters. The summed E-state index contributed by atoms with van der Waals surface area (Å²) in [5.41, 5.74) is 2.82. The van der Waals surface area contributed by atoms with Gasteiger partial charge in [0.05, 0.1) is 24.1 Å². The molecule has 4 rings (SSSR count). The summed E-state index contributed by atoms with van der Waals surface area (Å²) in [5, 5.41) is 4.83. The van der Waals surface area contributed by atoms with Gasteiger partial charge in [0.1, 0.15) is 5.36 Å². The molecule has 2 aliphatic heterocycles. The topological polar surface area (TPSA) is 70.0 Å². The normalized spacial score (nSPS) is 16.4. The second kappa shape index (κ2) is 6.03. The summed E-state index contributed by atoms with van der Waals surface area (Å²) < 4.78 is 0. The van der Waals surface area contributed by atoms with Crippen molar-refractivity contribution in [2.45, 2.75) is 12.8 Å². The first-order chi connectivity index (χ1) is 11.8. The van der Waals surface area contributed by atoms with Gasteiger partial charge in [-0.3, -0.25) is 14.8 Å². The van der Waals surface area contributed by atoms with E-state index in [4.69, 9.17) is 0 Å². The zero-order chi connectivity index (χ0) is 16.5. The fourth-order valence-corrected chi connectivity index (χ4v) is 3.19. The summed E-state index contributed by atoms with van der Waals surface area (Å²) in [7, 11) is 1.85. The van der Waals surface area contributed by atoms with Gasteiger partial charge >= 0.3 is 0 Å². The van der Waals surface area contributed by atoms with Crippen LogP contribution in [0.3, 0.4) is 0 Å². The largest absolute Gasteiger partial charge is 0.371 e. The zero-order valence-electron chi connectivity index (χ0n) is 13.6. The monoisotopic (exact) mass is 321 g/mol. The van der Waals surface area contributed by atoms with Crippen molar-refractivity contribution in [1.82, 2.24) is 4.98 Å². The van der Waals surface area contributed by atoms with Gasteiger partial charge < -0.3 is 10.2 Å². The number of nitrogens with one attached hydrogen (secondary N) is 1. The molecule has 0 saturated carbocycles. The van der Waals surface area contributed by atoms with Gasteiger partial charge in [0.25, 0.3) is 0 Å². The maximum absolute atomic E-state index is 11.9. The molecule has 122 valence electrons. The number of hydrogen-bond acceptors (Lipinski definition) is 5. The minimum Gasteiger partial charge on any atom is -0.371 e. The molecule has 3 heterocycles. The minimum atomic E-state index is 0.201. The third-order valence-corrected chi connectivity index (χ3v) is 4.41. The van der Waals surface area contributed by atoms with E-state index in [-0.39, 0.29) is 5.91 Å². The van der Waals surface area contributed by atoms with Crippen LogP contribution in [-0.2, 0) is 4.79 Å². The summed E-state index contributed by atoms with van der Waals surface area (Å²) in [6, 6.07) is 9.97. The van der Waals surface area contributed by atoms with Crippen molar-refractivity contribution in [3.05, 3.63) is 41.0 Å². The second-order valence-corrected chi connectivity index (χ2v) is 5.93. The van der Waals surface area contributed by atoms with E-state index >= 15 is 0 Å². The third-order valence-electron chi connectivity index (χ3n) is 4.41. The van der Waals surface area contributed by atoms with Crippen LogP contribution in [0, 0.1) is 0 Å². The van der Waals surface area contributed by atoms with Gasteiger partial charge in [0.2, 0.25) is 5.91 Å². The number of nitrogens with zero attached hydrogens (tertiary/aromatic N) is 4. The average Bonchev–Trinajstić information content (AvgIpc) is 3.07. The van der Waals surface area contributed by atoms with Gasteiger partial charge in [-0.1, -0.05) is 12.1 Å². The van der Waals surface area contributed by atoms with Crippen LogP contribution >= 0.6 is 0 Å². The Morgan fingerprint density at radius 2 is 1.92 bits per heavy atom. The molecule has 2 aromatic rings. The average molecular weight is 321 g/mol. The summed E-state index contributed by atoms with van der Waals surface area (Å²) in [5.74, 6) is 0.956. The molecule has 0 spiro atoms. The van der Waals surface area contributed by atoms with Crippen molar-refractivity contribution >= 4 is 17.4 Å². The number of fused-ring (bicyclic) bond motifs is 1. The lowest BCUT2D eigenvalue weighted by atomic mass is 10.1. The molecule has 2 aliphatic rings. The first-order valence-electron chi connectivity index (χ1n) is 8.25. The summed E-state index contributed by atoms with van der Waals surface area (Å²) >= 11 is 0. The molecule has 6 heteroatoms. The van der Waals surface area contributed by atoms with E-state index in [0.717, 1.165) is 53.0 Å². The summed E-state index contributed by atoms with van der Waals surface area (Å²) in [4.78, 5) is 27.4. The number of carbonyl (C=O) groups is 1. The number of amides is 1. The van der Waals surface area contributed by atoms with Crippen LogP contribution in [-0.4, -0.2) is 37.6 Å². The van der Waals surface area contributed by atoms with Crippen molar-refractivity contribution in [3.63, 3.8) is 0 Å². The molecule has 1 N–H and O–H groups in total. The summed E-state index contributed by atoms with van der Waals surface area (Å²) in [6.45, 7) is 2.23. The Bertz CT molecular complexity index is 904. The molecule has 1 aromatic carbocycles. The predicted octanol–water partition coefficient (Wildman–Crippen LogP) is 1.17. The van der Waals surface area contributed by atoms with Gasteiger partial charge in [-0.05, 0) is 24.6 Å². The van der Waals surface area contributed by atoms with E-state index in [0.29, 0.717) is 13.0 Å². The standard InChI is InChI=1S/C18H19N5O/c1-19-18-17-15(20-8-9-21-17)11-14(22-18)12-4-6-13(7-5-12)23-10-2-3-16(23)24/h4-7,11H,2-3,8-10H2,1H3,(H,19,22). The number of benzene rings is 1. The lowest BCUT2D eigenvalue weighted by molar-refractivity contribution is -0.117. The number of carbonyl (C=O) groups excluding carboxylic acids is 1. The van der Waals surface area contributed by atoms with E-state index < -0.39 is 0 Å². The summed E-state index contributed by atoms with van der Waals surface area (Å²) in [6.07, 6.45) is 1.58. The van der Waals surface area contributed by atoms with Crippen molar-refractivity contribution in [1.29, 1.82) is 0 Å². The number of hydrogen-bond donors (Lipinski definition) is 1. The van der Waals surface area contributed by atoms with Crippen LogP contribution in [0.2, 0.25) is 0 Å². The Morgan fingerprint density at radius 1 is 1.12 bits per heavy atom. The molecule has 24 heavy (non-hydrogen) atoms. The molecule has 0 unspecified atom stereocenters. The van der Waals surface area contributed by atoms with Gasteiger partial charge in [-0.15, -0.1) is 0 Å². The molecule has 0 radical (unpaired) electrons. The Morgan fingerprint density at radius 3 is 2.62 bits per heavy atom. The smallest absolute Gasteiger partial charge is 0.227 e. The Labute approximate surface area is 140 Å². The molecule has 0 aliphatic carbocycles. The Kier molecular flexibility index (Phi) is 3.72. The number of anilines is 2. The van der Waals surface area contributed by atoms with Gasteiger partial charge in [0, 0.05) is 31.3 Å². The predicted molar refractivity (Wildman–Crippen MR) is 92.9 cm³/mol. The highest BCUT2D eigenvalue weighted by Crippen LogP contribution is 2.24. The van der Waals surface area contributed by atoms with Gasteiger partial charge in [0.15, 0.2) is 5.82 Å². The lowest BCUT2D eigenvalue weighted by Crippen LogP contribution is -2.33. The molecule has 6 nitrogen and oxygen atoms in total. The van der Waals surface area contributed by atoms with Gasteiger partial charge in [-0.2, -0.15) is 0 Å². The van der Waals surface area contributed by atoms with Crippen LogP contribution in [0.25, 0.3) is 11.3 Å². The fourth-order valence-electron chi connectivity index (χ4n) is 3.19. The maximum Gasteiger partial charge on any atom is 0.227 e. The highest BCUT2D eigenvalue weighted by Gasteiger charge is 2.21. The SMILES string of the molecule is CNc1nc(-c2ccc(N3CCCC3=O)cc2)cc2c1=NCCN=2. The number of rotatable bonds is 3. The lowest BCUT2D eigenvalue weighted by Gasteiger charge is -2.16. The van der Waals surface area contributed by atoms with Crippen molar-refractivity contribution in [3.8, 4) is 11.3 Å².